The third-order valence-corrected chi connectivity index (χ3v) is 4.11. The highest BCUT2D eigenvalue weighted by Crippen LogP contribution is 2.20. The summed E-state index contributed by atoms with van der Waals surface area (Å²) in [6, 6.07) is 7.56. The zero-order valence-electron chi connectivity index (χ0n) is 16.5. The molecular formula is C19H29N5O2. The van der Waals surface area contributed by atoms with Crippen molar-refractivity contribution in [2.45, 2.75) is 40.7 Å². The number of benzene rings is 1. The fourth-order valence-electron chi connectivity index (χ4n) is 2.67. The Kier molecular flexibility index (Phi) is 6.02. The van der Waals surface area contributed by atoms with Crippen molar-refractivity contribution in [3.8, 4) is 11.4 Å². The standard InChI is InChI=1S/C19H29N5O2/c1-13(2)26-16-9-7-15(8-10-16)24-14(3)17(21-22-24)18(25)23(6)12-19(4,5)11-20/h7-10,13H,11-12,20H2,1-6H3. The second kappa shape index (κ2) is 7.86. The van der Waals surface area contributed by atoms with Gasteiger partial charge in [0.15, 0.2) is 5.69 Å². The van der Waals surface area contributed by atoms with Crippen molar-refractivity contribution >= 4 is 5.91 Å². The normalized spacial score (nSPS) is 11.7. The van der Waals surface area contributed by atoms with E-state index in [1.54, 1.807) is 16.6 Å². The van der Waals surface area contributed by atoms with Gasteiger partial charge in [-0.1, -0.05) is 19.1 Å². The average molecular weight is 359 g/mol. The van der Waals surface area contributed by atoms with E-state index in [0.29, 0.717) is 24.5 Å². The van der Waals surface area contributed by atoms with E-state index < -0.39 is 0 Å². The summed E-state index contributed by atoms with van der Waals surface area (Å²) < 4.78 is 7.31. The topological polar surface area (TPSA) is 86.3 Å². The number of rotatable bonds is 7. The number of aromatic nitrogens is 3. The van der Waals surface area contributed by atoms with Gasteiger partial charge in [-0.05, 0) is 57.0 Å². The van der Waals surface area contributed by atoms with E-state index in [4.69, 9.17) is 10.5 Å². The van der Waals surface area contributed by atoms with Crippen LogP contribution in [0.25, 0.3) is 5.69 Å². The van der Waals surface area contributed by atoms with E-state index in [9.17, 15) is 4.79 Å². The van der Waals surface area contributed by atoms with Crippen LogP contribution < -0.4 is 10.5 Å². The van der Waals surface area contributed by atoms with E-state index in [0.717, 1.165) is 11.4 Å². The monoisotopic (exact) mass is 359 g/mol. The quantitative estimate of drug-likeness (QED) is 0.820. The Morgan fingerprint density at radius 2 is 1.92 bits per heavy atom. The molecule has 0 atom stereocenters. The molecule has 0 saturated heterocycles. The maximum Gasteiger partial charge on any atom is 0.276 e. The van der Waals surface area contributed by atoms with Crippen molar-refractivity contribution in [1.29, 1.82) is 0 Å². The molecule has 0 aliphatic heterocycles. The van der Waals surface area contributed by atoms with Crippen LogP contribution in [0.5, 0.6) is 5.75 Å². The fraction of sp³-hybridized carbons (Fsp3) is 0.526. The number of carbonyl (C=O) groups is 1. The molecule has 2 aromatic rings. The highest BCUT2D eigenvalue weighted by atomic mass is 16.5. The Hall–Kier alpha value is -2.41. The van der Waals surface area contributed by atoms with E-state index in [2.05, 4.69) is 10.3 Å². The minimum atomic E-state index is -0.157. The Morgan fingerprint density at radius 1 is 1.31 bits per heavy atom. The number of nitrogens with two attached hydrogens (primary N) is 1. The number of hydrogen-bond donors (Lipinski definition) is 1. The summed E-state index contributed by atoms with van der Waals surface area (Å²) in [5.74, 6) is 0.636. The predicted octanol–water partition coefficient (Wildman–Crippen LogP) is 2.42. The van der Waals surface area contributed by atoms with Crippen molar-refractivity contribution in [1.82, 2.24) is 19.9 Å². The van der Waals surface area contributed by atoms with Gasteiger partial charge in [-0.3, -0.25) is 4.79 Å². The molecule has 2 rings (SSSR count). The van der Waals surface area contributed by atoms with Crippen molar-refractivity contribution in [2.24, 2.45) is 11.1 Å². The smallest absolute Gasteiger partial charge is 0.276 e. The predicted molar refractivity (Wildman–Crippen MR) is 102 cm³/mol. The Labute approximate surface area is 155 Å². The number of amides is 1. The van der Waals surface area contributed by atoms with Gasteiger partial charge < -0.3 is 15.4 Å². The zero-order chi connectivity index (χ0) is 19.5. The average Bonchev–Trinajstić information content (AvgIpc) is 2.95. The Balaban J connectivity index is 2.20. The van der Waals surface area contributed by atoms with Gasteiger partial charge in [0.05, 0.1) is 17.5 Å². The molecule has 7 heteroatoms. The van der Waals surface area contributed by atoms with Gasteiger partial charge in [0.25, 0.3) is 5.91 Å². The van der Waals surface area contributed by atoms with Crippen LogP contribution in [0.4, 0.5) is 0 Å². The van der Waals surface area contributed by atoms with E-state index in [1.165, 1.54) is 0 Å². The van der Waals surface area contributed by atoms with Gasteiger partial charge in [-0.2, -0.15) is 0 Å². The molecule has 1 amide bonds. The van der Waals surface area contributed by atoms with Crippen LogP contribution in [0.2, 0.25) is 0 Å². The molecule has 1 aromatic carbocycles. The van der Waals surface area contributed by atoms with Gasteiger partial charge >= 0.3 is 0 Å². The first-order valence-electron chi connectivity index (χ1n) is 8.79. The Morgan fingerprint density at radius 3 is 2.46 bits per heavy atom. The number of carbonyl (C=O) groups excluding carboxylic acids is 1. The van der Waals surface area contributed by atoms with Crippen molar-refractivity contribution < 1.29 is 9.53 Å². The molecule has 0 bridgehead atoms. The molecule has 0 saturated carbocycles. The van der Waals surface area contributed by atoms with Crippen LogP contribution >= 0.6 is 0 Å². The summed E-state index contributed by atoms with van der Waals surface area (Å²) >= 11 is 0. The summed E-state index contributed by atoms with van der Waals surface area (Å²) in [5, 5.41) is 8.25. The van der Waals surface area contributed by atoms with Crippen LogP contribution in [-0.4, -0.2) is 52.0 Å². The lowest BCUT2D eigenvalue weighted by Gasteiger charge is -2.28. The first-order chi connectivity index (χ1) is 12.1. The summed E-state index contributed by atoms with van der Waals surface area (Å²) in [6.45, 7) is 10.9. The largest absolute Gasteiger partial charge is 0.491 e. The maximum atomic E-state index is 12.7. The van der Waals surface area contributed by atoms with Gasteiger partial charge in [-0.25, -0.2) is 4.68 Å². The van der Waals surface area contributed by atoms with Crippen molar-refractivity contribution in [2.75, 3.05) is 20.1 Å². The highest BCUT2D eigenvalue weighted by molar-refractivity contribution is 5.93. The van der Waals surface area contributed by atoms with Gasteiger partial charge in [-0.15, -0.1) is 5.10 Å². The van der Waals surface area contributed by atoms with Gasteiger partial charge in [0, 0.05) is 13.6 Å². The highest BCUT2D eigenvalue weighted by Gasteiger charge is 2.25. The molecule has 1 heterocycles. The summed E-state index contributed by atoms with van der Waals surface area (Å²) in [6.07, 6.45) is 0.117. The maximum absolute atomic E-state index is 12.7. The third-order valence-electron chi connectivity index (χ3n) is 4.11. The van der Waals surface area contributed by atoms with Gasteiger partial charge in [0.1, 0.15) is 5.75 Å². The Bertz CT molecular complexity index is 750. The molecule has 0 aliphatic rings. The summed E-state index contributed by atoms with van der Waals surface area (Å²) in [5.41, 5.74) is 7.49. The third kappa shape index (κ3) is 4.60. The summed E-state index contributed by atoms with van der Waals surface area (Å²) in [4.78, 5) is 14.4. The van der Waals surface area contributed by atoms with E-state index >= 15 is 0 Å². The summed E-state index contributed by atoms with van der Waals surface area (Å²) in [7, 11) is 1.76. The SMILES string of the molecule is Cc1c(C(=O)N(C)CC(C)(C)CN)nnn1-c1ccc(OC(C)C)cc1. The molecule has 2 N–H and O–H groups in total. The molecule has 0 aliphatic carbocycles. The number of nitrogens with zero attached hydrogens (tertiary/aromatic N) is 4. The van der Waals surface area contributed by atoms with Crippen molar-refractivity contribution in [3.05, 3.63) is 35.7 Å². The second-order valence-electron chi connectivity index (χ2n) is 7.63. The minimum absolute atomic E-state index is 0.117. The van der Waals surface area contributed by atoms with Crippen LogP contribution in [0.1, 0.15) is 43.9 Å². The lowest BCUT2D eigenvalue weighted by Crippen LogP contribution is -2.40. The molecule has 0 fully saturated rings. The lowest BCUT2D eigenvalue weighted by atomic mass is 9.93. The zero-order valence-corrected chi connectivity index (χ0v) is 16.5. The molecule has 0 unspecified atom stereocenters. The fourth-order valence-corrected chi connectivity index (χ4v) is 2.67. The molecular weight excluding hydrogens is 330 g/mol. The van der Waals surface area contributed by atoms with Crippen LogP contribution in [0, 0.1) is 12.3 Å². The second-order valence-corrected chi connectivity index (χ2v) is 7.63. The first-order valence-corrected chi connectivity index (χ1v) is 8.79. The van der Waals surface area contributed by atoms with E-state index in [1.807, 2.05) is 58.9 Å². The molecule has 0 radical (unpaired) electrons. The van der Waals surface area contributed by atoms with Crippen LogP contribution in [-0.2, 0) is 0 Å². The lowest BCUT2D eigenvalue weighted by molar-refractivity contribution is 0.0734. The minimum Gasteiger partial charge on any atom is -0.491 e. The molecule has 0 spiro atoms. The van der Waals surface area contributed by atoms with Crippen LogP contribution in [0.15, 0.2) is 24.3 Å². The molecule has 7 nitrogen and oxygen atoms in total. The van der Waals surface area contributed by atoms with Gasteiger partial charge in [0.2, 0.25) is 0 Å². The van der Waals surface area contributed by atoms with E-state index in [-0.39, 0.29) is 17.4 Å². The molecule has 1 aromatic heterocycles. The number of hydrogen-bond acceptors (Lipinski definition) is 5. The number of ether oxygens (including phenoxy) is 1. The first kappa shape index (κ1) is 19.9. The molecule has 26 heavy (non-hydrogen) atoms. The molecule has 142 valence electrons. The van der Waals surface area contributed by atoms with Crippen LogP contribution in [0.3, 0.4) is 0 Å². The van der Waals surface area contributed by atoms with Crippen molar-refractivity contribution in [3.63, 3.8) is 0 Å².